The van der Waals surface area contributed by atoms with E-state index in [9.17, 15) is 9.59 Å². The summed E-state index contributed by atoms with van der Waals surface area (Å²) in [6.45, 7) is 5.07. The largest absolute Gasteiger partial charge is 0.481 e. The molecular weight excluding hydrogens is 342 g/mol. The third kappa shape index (κ3) is 4.86. The maximum absolute atomic E-state index is 12.7. The van der Waals surface area contributed by atoms with Crippen molar-refractivity contribution in [3.63, 3.8) is 0 Å². The lowest BCUT2D eigenvalue weighted by molar-refractivity contribution is -0.144. The van der Waals surface area contributed by atoms with Gasteiger partial charge >= 0.3 is 0 Å². The minimum Gasteiger partial charge on any atom is -0.481 e. The van der Waals surface area contributed by atoms with E-state index in [1.165, 1.54) is 0 Å². The van der Waals surface area contributed by atoms with Crippen LogP contribution in [0.15, 0.2) is 30.3 Å². The summed E-state index contributed by atoms with van der Waals surface area (Å²) in [4.78, 5) is 28.6. The fourth-order valence-electron chi connectivity index (χ4n) is 3.43. The number of ether oxygens (including phenoxy) is 1. The molecule has 2 aliphatic rings. The Hall–Kier alpha value is -1.79. The van der Waals surface area contributed by atoms with Crippen LogP contribution in [0.3, 0.4) is 0 Å². The molecule has 0 spiro atoms. The molecule has 25 heavy (non-hydrogen) atoms. The number of piperidine rings is 1. The molecule has 2 unspecified atom stereocenters. The minimum atomic E-state index is -0.523. The molecule has 2 heterocycles. The second kappa shape index (κ2) is 9.06. The molecule has 1 aromatic carbocycles. The first-order valence-corrected chi connectivity index (χ1v) is 8.66. The SMILES string of the molecule is CC(Oc1ccccc1)C(=O)N1CCCC(N2CCNCC2=O)C1.Cl. The van der Waals surface area contributed by atoms with Crippen LogP contribution >= 0.6 is 12.4 Å². The summed E-state index contributed by atoms with van der Waals surface area (Å²) in [6, 6.07) is 9.52. The molecule has 0 radical (unpaired) electrons. The molecule has 1 N–H and O–H groups in total. The van der Waals surface area contributed by atoms with Crippen LogP contribution in [-0.2, 0) is 9.59 Å². The number of para-hydroxylation sites is 1. The van der Waals surface area contributed by atoms with Crippen LogP contribution in [0.4, 0.5) is 0 Å². The van der Waals surface area contributed by atoms with Crippen LogP contribution in [0.5, 0.6) is 5.75 Å². The second-order valence-corrected chi connectivity index (χ2v) is 6.42. The molecule has 2 aliphatic heterocycles. The van der Waals surface area contributed by atoms with E-state index in [0.717, 1.165) is 32.5 Å². The van der Waals surface area contributed by atoms with E-state index in [1.54, 1.807) is 6.92 Å². The predicted molar refractivity (Wildman–Crippen MR) is 98.0 cm³/mol. The van der Waals surface area contributed by atoms with Gasteiger partial charge in [-0.25, -0.2) is 0 Å². The zero-order chi connectivity index (χ0) is 16.9. The van der Waals surface area contributed by atoms with Crippen molar-refractivity contribution in [3.05, 3.63) is 30.3 Å². The lowest BCUT2D eigenvalue weighted by Crippen LogP contribution is -2.58. The number of halogens is 1. The van der Waals surface area contributed by atoms with Gasteiger partial charge in [0.2, 0.25) is 5.91 Å². The normalized spacial score (nSPS) is 22.1. The summed E-state index contributed by atoms with van der Waals surface area (Å²) in [7, 11) is 0. The summed E-state index contributed by atoms with van der Waals surface area (Å²) < 4.78 is 5.75. The summed E-state index contributed by atoms with van der Waals surface area (Å²) >= 11 is 0. The van der Waals surface area contributed by atoms with E-state index < -0.39 is 6.10 Å². The molecule has 0 aliphatic carbocycles. The van der Waals surface area contributed by atoms with Gasteiger partial charge < -0.3 is 19.9 Å². The van der Waals surface area contributed by atoms with Crippen molar-refractivity contribution in [2.75, 3.05) is 32.7 Å². The quantitative estimate of drug-likeness (QED) is 0.871. The number of hydrogen-bond donors (Lipinski definition) is 1. The lowest BCUT2D eigenvalue weighted by atomic mass is 10.0. The van der Waals surface area contributed by atoms with Crippen LogP contribution in [0, 0.1) is 0 Å². The number of amides is 2. The number of benzene rings is 1. The highest BCUT2D eigenvalue weighted by Crippen LogP contribution is 2.19. The zero-order valence-electron chi connectivity index (χ0n) is 14.5. The maximum atomic E-state index is 12.7. The molecule has 0 aromatic heterocycles. The van der Waals surface area contributed by atoms with Gasteiger partial charge in [-0.05, 0) is 31.9 Å². The van der Waals surface area contributed by atoms with Gasteiger partial charge in [-0.2, -0.15) is 0 Å². The Kier molecular flexibility index (Phi) is 7.08. The van der Waals surface area contributed by atoms with Crippen molar-refractivity contribution in [3.8, 4) is 5.75 Å². The Morgan fingerprint density at radius 3 is 2.76 bits per heavy atom. The van der Waals surface area contributed by atoms with Gasteiger partial charge in [0.15, 0.2) is 6.10 Å². The Labute approximate surface area is 154 Å². The Morgan fingerprint density at radius 2 is 2.04 bits per heavy atom. The highest BCUT2D eigenvalue weighted by atomic mass is 35.5. The van der Waals surface area contributed by atoms with Crippen molar-refractivity contribution in [1.82, 2.24) is 15.1 Å². The first-order chi connectivity index (χ1) is 11.6. The van der Waals surface area contributed by atoms with Gasteiger partial charge in [0.05, 0.1) is 6.54 Å². The van der Waals surface area contributed by atoms with Gasteiger partial charge in [0.1, 0.15) is 5.75 Å². The van der Waals surface area contributed by atoms with Crippen LogP contribution in [-0.4, -0.2) is 66.5 Å². The monoisotopic (exact) mass is 367 g/mol. The Balaban J connectivity index is 0.00000225. The number of nitrogens with one attached hydrogen (secondary N) is 1. The highest BCUT2D eigenvalue weighted by molar-refractivity contribution is 5.85. The first kappa shape index (κ1) is 19.5. The van der Waals surface area contributed by atoms with Gasteiger partial charge in [-0.15, -0.1) is 12.4 Å². The fraction of sp³-hybridized carbons (Fsp3) is 0.556. The maximum Gasteiger partial charge on any atom is 0.263 e. The zero-order valence-corrected chi connectivity index (χ0v) is 15.3. The molecule has 7 heteroatoms. The van der Waals surface area contributed by atoms with E-state index in [0.29, 0.717) is 18.8 Å². The second-order valence-electron chi connectivity index (χ2n) is 6.42. The Morgan fingerprint density at radius 1 is 1.28 bits per heavy atom. The van der Waals surface area contributed by atoms with Crippen molar-refractivity contribution in [2.45, 2.75) is 31.9 Å². The summed E-state index contributed by atoms with van der Waals surface area (Å²) in [6.07, 6.45) is 1.36. The molecule has 2 atom stereocenters. The Bertz CT molecular complexity index is 584. The smallest absolute Gasteiger partial charge is 0.263 e. The summed E-state index contributed by atoms with van der Waals surface area (Å²) in [5.41, 5.74) is 0. The average molecular weight is 368 g/mol. The number of hydrogen-bond acceptors (Lipinski definition) is 4. The van der Waals surface area contributed by atoms with E-state index in [4.69, 9.17) is 4.74 Å². The topological polar surface area (TPSA) is 61.9 Å². The number of rotatable bonds is 4. The number of likely N-dealkylation sites (tertiary alicyclic amines) is 1. The van der Waals surface area contributed by atoms with Gasteiger partial charge in [-0.3, -0.25) is 9.59 Å². The highest BCUT2D eigenvalue weighted by Gasteiger charge is 2.33. The first-order valence-electron chi connectivity index (χ1n) is 8.66. The van der Waals surface area contributed by atoms with Crippen LogP contribution in [0.2, 0.25) is 0 Å². The average Bonchev–Trinajstić information content (AvgIpc) is 2.62. The molecule has 3 rings (SSSR count). The molecule has 1 aromatic rings. The minimum absolute atomic E-state index is 0. The number of carbonyl (C=O) groups is 2. The predicted octanol–water partition coefficient (Wildman–Crippen LogP) is 1.30. The van der Waals surface area contributed by atoms with E-state index >= 15 is 0 Å². The van der Waals surface area contributed by atoms with Crippen molar-refractivity contribution >= 4 is 24.2 Å². The van der Waals surface area contributed by atoms with E-state index in [2.05, 4.69) is 5.32 Å². The van der Waals surface area contributed by atoms with Crippen LogP contribution in [0.25, 0.3) is 0 Å². The fourth-order valence-corrected chi connectivity index (χ4v) is 3.43. The molecular formula is C18H26ClN3O3. The van der Waals surface area contributed by atoms with Crippen molar-refractivity contribution in [2.24, 2.45) is 0 Å². The number of nitrogens with zero attached hydrogens (tertiary/aromatic N) is 2. The molecule has 0 saturated carbocycles. The van der Waals surface area contributed by atoms with Gasteiger partial charge in [0, 0.05) is 32.2 Å². The molecule has 0 bridgehead atoms. The van der Waals surface area contributed by atoms with E-state index in [1.807, 2.05) is 40.1 Å². The summed E-state index contributed by atoms with van der Waals surface area (Å²) in [5.74, 6) is 0.824. The third-order valence-electron chi connectivity index (χ3n) is 4.68. The molecule has 6 nitrogen and oxygen atoms in total. The number of carbonyl (C=O) groups excluding carboxylic acids is 2. The van der Waals surface area contributed by atoms with Crippen molar-refractivity contribution in [1.29, 1.82) is 0 Å². The van der Waals surface area contributed by atoms with Gasteiger partial charge in [0.25, 0.3) is 5.91 Å². The van der Waals surface area contributed by atoms with Gasteiger partial charge in [-0.1, -0.05) is 18.2 Å². The molecule has 2 amide bonds. The number of piperazine rings is 1. The lowest BCUT2D eigenvalue weighted by Gasteiger charge is -2.41. The van der Waals surface area contributed by atoms with Crippen LogP contribution < -0.4 is 10.1 Å². The molecule has 138 valence electrons. The summed E-state index contributed by atoms with van der Waals surface area (Å²) in [5, 5.41) is 3.09. The van der Waals surface area contributed by atoms with Crippen molar-refractivity contribution < 1.29 is 14.3 Å². The third-order valence-corrected chi connectivity index (χ3v) is 4.68. The molecule has 2 fully saturated rings. The van der Waals surface area contributed by atoms with Crippen LogP contribution in [0.1, 0.15) is 19.8 Å². The van der Waals surface area contributed by atoms with E-state index in [-0.39, 0.29) is 30.3 Å². The standard InChI is InChI=1S/C18H25N3O3.ClH/c1-14(24-16-7-3-2-4-8-16)18(23)20-10-5-6-15(13-20)21-11-9-19-12-17(21)22;/h2-4,7-8,14-15,19H,5-6,9-13H2,1H3;1H. The molecule has 2 saturated heterocycles.